The lowest BCUT2D eigenvalue weighted by Gasteiger charge is -2.58. The second-order valence-electron chi connectivity index (χ2n) is 14.3. The molecule has 0 saturated heterocycles. The van der Waals surface area contributed by atoms with Gasteiger partial charge in [-0.2, -0.15) is 0 Å². The standard InChI is InChI=1S/C33H57NO3/c1-6-7-8-9-21-34-30(36)33(5,37)18-10-11-23(2)27-14-15-28-26-13-12-24-22-25(35)16-19-31(24,3)29(26)17-20-32(27,28)4/h12,23,25-29,35,37H,6-11,13-22H2,1-5H3,(H,34,36)/t23-,25+,26+,27-,28+,29+,31+,32-,33?/m1/s1. The first kappa shape index (κ1) is 29.1. The zero-order chi connectivity index (χ0) is 26.8. The van der Waals surface area contributed by atoms with Crippen LogP contribution in [0.15, 0.2) is 11.6 Å². The molecule has 0 spiro atoms. The third-order valence-electron chi connectivity index (χ3n) is 12.0. The highest BCUT2D eigenvalue weighted by Crippen LogP contribution is 2.67. The number of carbonyl (C=O) groups excluding carboxylic acids is 1. The van der Waals surface area contributed by atoms with Gasteiger partial charge in [0.1, 0.15) is 5.60 Å². The fourth-order valence-electron chi connectivity index (χ4n) is 9.64. The van der Waals surface area contributed by atoms with Crippen molar-refractivity contribution in [2.24, 2.45) is 40.4 Å². The lowest BCUT2D eigenvalue weighted by atomic mass is 9.47. The summed E-state index contributed by atoms with van der Waals surface area (Å²) in [4.78, 5) is 12.6. The highest BCUT2D eigenvalue weighted by atomic mass is 16.3. The number of carbonyl (C=O) groups is 1. The van der Waals surface area contributed by atoms with Crippen molar-refractivity contribution < 1.29 is 15.0 Å². The summed E-state index contributed by atoms with van der Waals surface area (Å²) in [6.07, 6.45) is 19.2. The predicted octanol–water partition coefficient (Wildman–Crippen LogP) is 7.18. The molecule has 4 rings (SSSR count). The van der Waals surface area contributed by atoms with E-state index < -0.39 is 5.60 Å². The summed E-state index contributed by atoms with van der Waals surface area (Å²) in [6.45, 7) is 12.1. The second kappa shape index (κ2) is 11.7. The number of nitrogens with one attached hydrogen (secondary N) is 1. The molecule has 4 aliphatic rings. The lowest BCUT2D eigenvalue weighted by molar-refractivity contribution is -0.138. The Labute approximate surface area is 227 Å². The van der Waals surface area contributed by atoms with Gasteiger partial charge < -0.3 is 15.5 Å². The van der Waals surface area contributed by atoms with Gasteiger partial charge in [0, 0.05) is 6.54 Å². The van der Waals surface area contributed by atoms with Crippen molar-refractivity contribution in [1.82, 2.24) is 5.32 Å². The normalized spacial score (nSPS) is 39.5. The van der Waals surface area contributed by atoms with Gasteiger partial charge in [0.25, 0.3) is 5.91 Å². The molecule has 212 valence electrons. The van der Waals surface area contributed by atoms with Gasteiger partial charge >= 0.3 is 0 Å². The van der Waals surface area contributed by atoms with Gasteiger partial charge in [-0.25, -0.2) is 0 Å². The maximum absolute atomic E-state index is 12.6. The van der Waals surface area contributed by atoms with Gasteiger partial charge in [-0.15, -0.1) is 0 Å². The average Bonchev–Trinajstić information content (AvgIpc) is 3.21. The average molecular weight is 516 g/mol. The Kier molecular flexibility index (Phi) is 9.21. The number of amides is 1. The van der Waals surface area contributed by atoms with E-state index in [-0.39, 0.29) is 12.0 Å². The van der Waals surface area contributed by atoms with Gasteiger partial charge in [0.05, 0.1) is 6.10 Å². The summed E-state index contributed by atoms with van der Waals surface area (Å²) < 4.78 is 0. The van der Waals surface area contributed by atoms with E-state index in [4.69, 9.17) is 0 Å². The molecule has 37 heavy (non-hydrogen) atoms. The summed E-state index contributed by atoms with van der Waals surface area (Å²) in [5.41, 5.74) is 1.04. The summed E-state index contributed by atoms with van der Waals surface area (Å²) in [5.74, 6) is 3.61. The fourth-order valence-corrected chi connectivity index (χ4v) is 9.64. The quantitative estimate of drug-likeness (QED) is 0.202. The number of unbranched alkanes of at least 4 members (excludes halogenated alkanes) is 3. The molecule has 1 unspecified atom stereocenters. The van der Waals surface area contributed by atoms with Crippen LogP contribution < -0.4 is 5.32 Å². The van der Waals surface area contributed by atoms with Gasteiger partial charge in [0.15, 0.2) is 0 Å². The minimum Gasteiger partial charge on any atom is -0.393 e. The van der Waals surface area contributed by atoms with Crippen LogP contribution in [-0.4, -0.2) is 34.4 Å². The number of hydrogen-bond donors (Lipinski definition) is 3. The highest BCUT2D eigenvalue weighted by molar-refractivity contribution is 5.84. The number of aliphatic hydroxyl groups excluding tert-OH is 1. The van der Waals surface area contributed by atoms with E-state index in [2.05, 4.69) is 39.1 Å². The van der Waals surface area contributed by atoms with Crippen LogP contribution in [0, 0.1) is 40.4 Å². The first-order chi connectivity index (χ1) is 17.5. The highest BCUT2D eigenvalue weighted by Gasteiger charge is 2.59. The molecule has 0 bridgehead atoms. The van der Waals surface area contributed by atoms with Crippen LogP contribution in [0.25, 0.3) is 0 Å². The molecular weight excluding hydrogens is 458 g/mol. The third kappa shape index (κ3) is 5.86. The van der Waals surface area contributed by atoms with Crippen LogP contribution in [-0.2, 0) is 4.79 Å². The largest absolute Gasteiger partial charge is 0.393 e. The van der Waals surface area contributed by atoms with E-state index in [1.807, 2.05) is 0 Å². The van der Waals surface area contributed by atoms with Crippen molar-refractivity contribution in [2.75, 3.05) is 6.54 Å². The van der Waals surface area contributed by atoms with E-state index >= 15 is 0 Å². The van der Waals surface area contributed by atoms with Crippen LogP contribution in [0.3, 0.4) is 0 Å². The Bertz CT molecular complexity index is 820. The third-order valence-corrected chi connectivity index (χ3v) is 12.0. The maximum atomic E-state index is 12.6. The Morgan fingerprint density at radius 1 is 1.11 bits per heavy atom. The summed E-state index contributed by atoms with van der Waals surface area (Å²) in [6, 6.07) is 0. The van der Waals surface area contributed by atoms with Crippen LogP contribution in [0.5, 0.6) is 0 Å². The molecule has 0 radical (unpaired) electrons. The van der Waals surface area contributed by atoms with Gasteiger partial charge in [-0.05, 0) is 118 Å². The summed E-state index contributed by atoms with van der Waals surface area (Å²) in [7, 11) is 0. The van der Waals surface area contributed by atoms with Crippen LogP contribution >= 0.6 is 0 Å². The van der Waals surface area contributed by atoms with Crippen molar-refractivity contribution in [3.8, 4) is 0 Å². The molecule has 0 aromatic heterocycles. The zero-order valence-corrected chi connectivity index (χ0v) is 24.7. The van der Waals surface area contributed by atoms with E-state index in [0.717, 1.165) is 68.6 Å². The van der Waals surface area contributed by atoms with Gasteiger partial charge in [0.2, 0.25) is 0 Å². The topological polar surface area (TPSA) is 69.6 Å². The molecule has 3 saturated carbocycles. The molecule has 0 aromatic rings. The molecule has 1 amide bonds. The molecule has 4 nitrogen and oxygen atoms in total. The number of hydrogen-bond acceptors (Lipinski definition) is 3. The van der Waals surface area contributed by atoms with Gasteiger partial charge in [-0.3, -0.25) is 4.79 Å². The zero-order valence-electron chi connectivity index (χ0n) is 24.7. The van der Waals surface area contributed by atoms with Crippen LogP contribution in [0.2, 0.25) is 0 Å². The smallest absolute Gasteiger partial charge is 0.251 e. The van der Waals surface area contributed by atoms with Crippen molar-refractivity contribution in [2.45, 2.75) is 143 Å². The molecule has 3 fully saturated rings. The molecule has 0 heterocycles. The number of rotatable bonds is 11. The van der Waals surface area contributed by atoms with E-state index in [0.29, 0.717) is 29.7 Å². The minimum atomic E-state index is -1.26. The molecule has 9 atom stereocenters. The maximum Gasteiger partial charge on any atom is 0.251 e. The second-order valence-corrected chi connectivity index (χ2v) is 14.3. The Hall–Kier alpha value is -0.870. The van der Waals surface area contributed by atoms with Crippen molar-refractivity contribution in [3.63, 3.8) is 0 Å². The molecule has 3 N–H and O–H groups in total. The predicted molar refractivity (Wildman–Crippen MR) is 152 cm³/mol. The Morgan fingerprint density at radius 2 is 1.89 bits per heavy atom. The van der Waals surface area contributed by atoms with E-state index in [9.17, 15) is 15.0 Å². The van der Waals surface area contributed by atoms with Crippen molar-refractivity contribution >= 4 is 5.91 Å². The first-order valence-electron chi connectivity index (χ1n) is 15.9. The van der Waals surface area contributed by atoms with Crippen molar-refractivity contribution in [1.29, 1.82) is 0 Å². The SMILES string of the molecule is CCCCCCNC(=O)C(C)(O)CCC[C@@H](C)[C@H]1CC[C@H]2[C@@H]3CC=C4C[C@@H](O)CC[C@]4(C)[C@H]3CC[C@]12C. The van der Waals surface area contributed by atoms with Crippen LogP contribution in [0.4, 0.5) is 0 Å². The van der Waals surface area contributed by atoms with E-state index in [1.165, 1.54) is 44.9 Å². The first-order valence-corrected chi connectivity index (χ1v) is 15.9. The summed E-state index contributed by atoms with van der Waals surface area (Å²) in [5, 5.41) is 24.1. The Balaban J connectivity index is 1.30. The Morgan fingerprint density at radius 3 is 2.65 bits per heavy atom. The number of aliphatic hydroxyl groups is 2. The molecular formula is C33H57NO3. The molecule has 0 aromatic carbocycles. The molecule has 0 aliphatic heterocycles. The van der Waals surface area contributed by atoms with Crippen molar-refractivity contribution in [3.05, 3.63) is 11.6 Å². The molecule has 4 heteroatoms. The van der Waals surface area contributed by atoms with E-state index in [1.54, 1.807) is 12.5 Å². The van der Waals surface area contributed by atoms with Crippen LogP contribution in [0.1, 0.15) is 131 Å². The number of allylic oxidation sites excluding steroid dienone is 1. The molecule has 4 aliphatic carbocycles. The minimum absolute atomic E-state index is 0.126. The number of fused-ring (bicyclic) bond motifs is 5. The van der Waals surface area contributed by atoms with Gasteiger partial charge in [-0.1, -0.05) is 65.0 Å². The lowest BCUT2D eigenvalue weighted by Crippen LogP contribution is -2.50. The summed E-state index contributed by atoms with van der Waals surface area (Å²) >= 11 is 0. The monoisotopic (exact) mass is 515 g/mol. The fraction of sp³-hybridized carbons (Fsp3) is 0.909.